The van der Waals surface area contributed by atoms with Gasteiger partial charge in [-0.25, -0.2) is 4.39 Å². The van der Waals surface area contributed by atoms with Crippen molar-refractivity contribution < 1.29 is 28.2 Å². The van der Waals surface area contributed by atoms with Crippen LogP contribution >= 0.6 is 23.2 Å². The van der Waals surface area contributed by atoms with Crippen LogP contribution in [-0.2, 0) is 14.4 Å². The van der Waals surface area contributed by atoms with Crippen molar-refractivity contribution in [2.75, 3.05) is 18.1 Å². The van der Waals surface area contributed by atoms with Crippen molar-refractivity contribution in [1.29, 1.82) is 0 Å². The van der Waals surface area contributed by atoms with E-state index >= 15 is 0 Å². The van der Waals surface area contributed by atoms with Crippen LogP contribution in [0.1, 0.15) is 27.2 Å². The zero-order chi connectivity index (χ0) is 26.4. The topological polar surface area (TPSA) is 97.0 Å². The molecule has 0 saturated carbocycles. The summed E-state index contributed by atoms with van der Waals surface area (Å²) in [5.41, 5.74) is 2.44. The van der Waals surface area contributed by atoms with E-state index in [1.54, 1.807) is 30.0 Å². The smallest absolute Gasteiger partial charge is 0.262 e. The Morgan fingerprint density at radius 2 is 2.00 bits per heavy atom. The number of amides is 3. The number of hydrogen-bond donors (Lipinski definition) is 2. The highest BCUT2D eigenvalue weighted by Crippen LogP contribution is 2.35. The fraction of sp³-hybridized carbons (Fsp3) is 0.320. The Morgan fingerprint density at radius 3 is 2.64 bits per heavy atom. The Bertz CT molecular complexity index is 1190. The van der Waals surface area contributed by atoms with Crippen LogP contribution in [0.25, 0.3) is 0 Å². The van der Waals surface area contributed by atoms with Gasteiger partial charge in [0.25, 0.3) is 5.91 Å². The number of carbonyl (C=O) groups is 3. The number of hydrogen-bond acceptors (Lipinski definition) is 5. The van der Waals surface area contributed by atoms with Gasteiger partial charge in [0.1, 0.15) is 23.4 Å². The third kappa shape index (κ3) is 6.89. The molecule has 192 valence electrons. The summed E-state index contributed by atoms with van der Waals surface area (Å²) in [5, 5.41) is 5.93. The SMILES string of the molecule is CC(=O)N1CC(C)Oc2ccc(Cl)cc21.CC1=C(NC(=O)COc2ccc(Cl)c(F)c2)CC1NC=O. The van der Waals surface area contributed by atoms with Gasteiger partial charge in [-0.15, -0.1) is 0 Å². The number of anilines is 1. The highest BCUT2D eigenvalue weighted by atomic mass is 35.5. The van der Waals surface area contributed by atoms with Crippen LogP contribution in [-0.4, -0.2) is 43.5 Å². The molecule has 2 N–H and O–H groups in total. The lowest BCUT2D eigenvalue weighted by Crippen LogP contribution is -2.43. The van der Waals surface area contributed by atoms with Gasteiger partial charge in [0.2, 0.25) is 12.3 Å². The average molecular weight is 538 g/mol. The number of nitrogens with zero attached hydrogens (tertiary/aromatic N) is 1. The fourth-order valence-corrected chi connectivity index (χ4v) is 3.93. The van der Waals surface area contributed by atoms with Crippen molar-refractivity contribution in [2.24, 2.45) is 0 Å². The predicted octanol–water partition coefficient (Wildman–Crippen LogP) is 4.24. The second-order valence-electron chi connectivity index (χ2n) is 8.29. The van der Waals surface area contributed by atoms with Gasteiger partial charge in [-0.2, -0.15) is 0 Å². The molecule has 2 unspecified atom stereocenters. The van der Waals surface area contributed by atoms with E-state index in [-0.39, 0.29) is 41.3 Å². The molecule has 0 spiro atoms. The number of fused-ring (bicyclic) bond motifs is 1. The largest absolute Gasteiger partial charge is 0.487 e. The van der Waals surface area contributed by atoms with E-state index in [9.17, 15) is 18.8 Å². The summed E-state index contributed by atoms with van der Waals surface area (Å²) in [5.74, 6) is 0.00744. The van der Waals surface area contributed by atoms with E-state index in [2.05, 4.69) is 10.6 Å². The minimum absolute atomic E-state index is 0.00392. The highest BCUT2D eigenvalue weighted by Gasteiger charge is 2.27. The number of nitrogens with one attached hydrogen (secondary N) is 2. The van der Waals surface area contributed by atoms with Crippen LogP contribution in [0, 0.1) is 5.82 Å². The quantitative estimate of drug-likeness (QED) is 0.537. The van der Waals surface area contributed by atoms with Gasteiger partial charge in [0.15, 0.2) is 6.61 Å². The lowest BCUT2D eigenvalue weighted by atomic mass is 9.89. The Labute approximate surface area is 218 Å². The number of halogens is 3. The van der Waals surface area contributed by atoms with E-state index in [0.717, 1.165) is 23.0 Å². The first-order valence-corrected chi connectivity index (χ1v) is 11.9. The van der Waals surface area contributed by atoms with E-state index in [4.69, 9.17) is 32.7 Å². The predicted molar refractivity (Wildman–Crippen MR) is 135 cm³/mol. The summed E-state index contributed by atoms with van der Waals surface area (Å²) in [6, 6.07) is 9.25. The molecule has 0 radical (unpaired) electrons. The summed E-state index contributed by atoms with van der Waals surface area (Å²) in [6.07, 6.45) is 1.22. The minimum atomic E-state index is -0.602. The zero-order valence-corrected chi connectivity index (χ0v) is 21.5. The first-order chi connectivity index (χ1) is 17.1. The molecule has 1 aliphatic carbocycles. The molecule has 3 amide bonds. The number of ether oxygens (including phenoxy) is 2. The molecular formula is C25H26Cl2FN3O5. The summed E-state index contributed by atoms with van der Waals surface area (Å²) in [7, 11) is 0. The summed E-state index contributed by atoms with van der Waals surface area (Å²) >= 11 is 11.4. The van der Waals surface area contributed by atoms with Crippen molar-refractivity contribution >= 4 is 47.1 Å². The lowest BCUT2D eigenvalue weighted by Gasteiger charge is -2.32. The van der Waals surface area contributed by atoms with E-state index in [1.165, 1.54) is 12.1 Å². The molecule has 0 bridgehead atoms. The van der Waals surface area contributed by atoms with Crippen molar-refractivity contribution in [3.05, 3.63) is 63.5 Å². The van der Waals surface area contributed by atoms with Gasteiger partial charge >= 0.3 is 0 Å². The molecule has 0 fully saturated rings. The van der Waals surface area contributed by atoms with Gasteiger partial charge in [0, 0.05) is 30.1 Å². The first-order valence-electron chi connectivity index (χ1n) is 11.1. The molecular weight excluding hydrogens is 512 g/mol. The van der Waals surface area contributed by atoms with Crippen LogP contribution in [0.5, 0.6) is 11.5 Å². The Kier molecular flexibility index (Phi) is 9.17. The van der Waals surface area contributed by atoms with Gasteiger partial charge in [-0.05, 0) is 49.8 Å². The minimum Gasteiger partial charge on any atom is -0.487 e. The maximum Gasteiger partial charge on any atom is 0.262 e. The van der Waals surface area contributed by atoms with Gasteiger partial charge < -0.3 is 25.0 Å². The Morgan fingerprint density at radius 1 is 1.25 bits per heavy atom. The second-order valence-corrected chi connectivity index (χ2v) is 9.13. The number of rotatable bonds is 6. The number of carbonyl (C=O) groups excluding carboxylic acids is 3. The molecule has 0 saturated heterocycles. The molecule has 0 aromatic heterocycles. The molecule has 36 heavy (non-hydrogen) atoms. The normalized spacial score (nSPS) is 18.0. The highest BCUT2D eigenvalue weighted by molar-refractivity contribution is 6.31. The molecule has 2 aromatic rings. The van der Waals surface area contributed by atoms with E-state index < -0.39 is 5.82 Å². The molecule has 4 rings (SSSR count). The van der Waals surface area contributed by atoms with Crippen molar-refractivity contribution in [2.45, 2.75) is 39.3 Å². The standard InChI is InChI=1S/C14H14ClFN2O3.C11H12ClNO2/c1-8-12(17-7-19)5-13(8)18-14(20)6-21-9-2-3-10(15)11(16)4-9;1-7-6-13(8(2)14)10-5-9(12)3-4-11(10)15-7/h2-4,7,12H,5-6H2,1H3,(H,17,19)(H,18,20);3-5,7H,6H2,1-2H3. The number of benzene rings is 2. The molecule has 2 aliphatic rings. The summed E-state index contributed by atoms with van der Waals surface area (Å²) in [6.45, 7) is 5.65. The monoisotopic (exact) mass is 537 g/mol. The van der Waals surface area contributed by atoms with E-state index in [0.29, 0.717) is 30.1 Å². The Hall–Kier alpha value is -3.30. The van der Waals surface area contributed by atoms with Gasteiger partial charge in [-0.3, -0.25) is 14.4 Å². The van der Waals surface area contributed by atoms with Crippen LogP contribution in [0.3, 0.4) is 0 Å². The zero-order valence-electron chi connectivity index (χ0n) is 19.9. The van der Waals surface area contributed by atoms with Crippen LogP contribution in [0.2, 0.25) is 10.0 Å². The third-order valence-electron chi connectivity index (χ3n) is 5.59. The van der Waals surface area contributed by atoms with Crippen molar-refractivity contribution in [3.63, 3.8) is 0 Å². The summed E-state index contributed by atoms with van der Waals surface area (Å²) in [4.78, 5) is 35.1. The van der Waals surface area contributed by atoms with Crippen molar-refractivity contribution in [1.82, 2.24) is 10.6 Å². The summed E-state index contributed by atoms with van der Waals surface area (Å²) < 4.78 is 24.0. The van der Waals surface area contributed by atoms with Gasteiger partial charge in [-0.1, -0.05) is 23.2 Å². The molecule has 8 nitrogen and oxygen atoms in total. The molecule has 1 aliphatic heterocycles. The Balaban J connectivity index is 0.000000212. The molecule has 2 atom stereocenters. The third-order valence-corrected chi connectivity index (χ3v) is 6.13. The maximum atomic E-state index is 13.2. The van der Waals surface area contributed by atoms with Crippen LogP contribution in [0.15, 0.2) is 47.7 Å². The van der Waals surface area contributed by atoms with Crippen LogP contribution < -0.4 is 25.0 Å². The van der Waals surface area contributed by atoms with Crippen LogP contribution in [0.4, 0.5) is 10.1 Å². The van der Waals surface area contributed by atoms with E-state index in [1.807, 2.05) is 13.8 Å². The first kappa shape index (κ1) is 27.3. The fourth-order valence-electron chi connectivity index (χ4n) is 3.64. The molecule has 1 heterocycles. The lowest BCUT2D eigenvalue weighted by molar-refractivity contribution is -0.122. The maximum absolute atomic E-state index is 13.2. The van der Waals surface area contributed by atoms with Crippen molar-refractivity contribution in [3.8, 4) is 11.5 Å². The second kappa shape index (κ2) is 12.1. The molecule has 2 aromatic carbocycles. The average Bonchev–Trinajstić information content (AvgIpc) is 2.84. The molecule has 11 heteroatoms. The van der Waals surface area contributed by atoms with Gasteiger partial charge in [0.05, 0.1) is 23.3 Å².